The van der Waals surface area contributed by atoms with E-state index in [1.165, 1.54) is 12.1 Å². The van der Waals surface area contributed by atoms with Crippen molar-refractivity contribution in [3.63, 3.8) is 0 Å². The van der Waals surface area contributed by atoms with Gasteiger partial charge in [0.2, 0.25) is 0 Å². The number of nitro groups is 1. The first-order valence-corrected chi connectivity index (χ1v) is 6.96. The lowest BCUT2D eigenvalue weighted by molar-refractivity contribution is -0.384. The SMILES string of the molecule is C/C(=N\NC(=O)Cn1nc(C)cc1C)c1cccc([N+](=O)[O-])c1. The molecule has 1 aromatic carbocycles. The first-order chi connectivity index (χ1) is 10.9. The molecule has 0 atom stereocenters. The molecule has 0 radical (unpaired) electrons. The number of non-ortho nitro benzene ring substituents is 1. The van der Waals surface area contributed by atoms with Gasteiger partial charge in [-0.25, -0.2) is 5.43 Å². The standard InChI is InChI=1S/C15H17N5O3/c1-10-7-11(2)19(18-10)9-15(21)17-16-12(3)13-5-4-6-14(8-13)20(22)23/h4-8H,9H2,1-3H3,(H,17,21)/b16-12+. The third-order valence-electron chi connectivity index (χ3n) is 3.22. The van der Waals surface area contributed by atoms with E-state index in [0.29, 0.717) is 11.3 Å². The van der Waals surface area contributed by atoms with Gasteiger partial charge in [0, 0.05) is 23.4 Å². The van der Waals surface area contributed by atoms with Crippen LogP contribution in [-0.2, 0) is 11.3 Å². The molecule has 0 fully saturated rings. The molecule has 8 nitrogen and oxygen atoms in total. The maximum atomic E-state index is 11.9. The van der Waals surface area contributed by atoms with E-state index in [1.54, 1.807) is 23.7 Å². The highest BCUT2D eigenvalue weighted by atomic mass is 16.6. The van der Waals surface area contributed by atoms with Crippen molar-refractivity contribution in [3.05, 3.63) is 57.4 Å². The second-order valence-electron chi connectivity index (χ2n) is 5.12. The molecule has 23 heavy (non-hydrogen) atoms. The van der Waals surface area contributed by atoms with Crippen molar-refractivity contribution in [1.82, 2.24) is 15.2 Å². The number of benzene rings is 1. The number of aryl methyl sites for hydroxylation is 2. The van der Waals surface area contributed by atoms with Crippen molar-refractivity contribution in [2.45, 2.75) is 27.3 Å². The Morgan fingerprint density at radius 1 is 1.39 bits per heavy atom. The lowest BCUT2D eigenvalue weighted by Gasteiger charge is -2.05. The van der Waals surface area contributed by atoms with E-state index >= 15 is 0 Å². The number of rotatable bonds is 5. The molecule has 0 aliphatic rings. The number of hydrogen-bond donors (Lipinski definition) is 1. The maximum Gasteiger partial charge on any atom is 0.270 e. The zero-order chi connectivity index (χ0) is 17.0. The lowest BCUT2D eigenvalue weighted by Crippen LogP contribution is -2.25. The molecule has 0 saturated heterocycles. The third kappa shape index (κ3) is 4.22. The van der Waals surface area contributed by atoms with Crippen LogP contribution in [0.25, 0.3) is 0 Å². The fraction of sp³-hybridized carbons (Fsp3) is 0.267. The van der Waals surface area contributed by atoms with Gasteiger partial charge in [0.25, 0.3) is 11.6 Å². The normalized spacial score (nSPS) is 11.3. The first-order valence-electron chi connectivity index (χ1n) is 6.96. The smallest absolute Gasteiger partial charge is 0.270 e. The molecule has 2 rings (SSSR count). The Balaban J connectivity index is 2.04. The molecule has 1 amide bonds. The number of carbonyl (C=O) groups is 1. The molecule has 2 aromatic rings. The van der Waals surface area contributed by atoms with Crippen molar-refractivity contribution in [2.75, 3.05) is 0 Å². The summed E-state index contributed by atoms with van der Waals surface area (Å²) in [6.45, 7) is 5.45. The highest BCUT2D eigenvalue weighted by Crippen LogP contribution is 2.13. The minimum Gasteiger partial charge on any atom is -0.271 e. The summed E-state index contributed by atoms with van der Waals surface area (Å²) in [6.07, 6.45) is 0. The molecule has 0 aliphatic carbocycles. The zero-order valence-corrected chi connectivity index (χ0v) is 13.1. The van der Waals surface area contributed by atoms with Crippen molar-refractivity contribution in [2.24, 2.45) is 5.10 Å². The van der Waals surface area contributed by atoms with Crippen molar-refractivity contribution < 1.29 is 9.72 Å². The topological polar surface area (TPSA) is 102 Å². The summed E-state index contributed by atoms with van der Waals surface area (Å²) in [5.41, 5.74) is 5.19. The van der Waals surface area contributed by atoms with Gasteiger partial charge in [0.05, 0.1) is 16.3 Å². The summed E-state index contributed by atoms with van der Waals surface area (Å²) in [5.74, 6) is -0.319. The van der Waals surface area contributed by atoms with Crippen LogP contribution in [0.2, 0.25) is 0 Å². The van der Waals surface area contributed by atoms with E-state index in [4.69, 9.17) is 0 Å². The summed E-state index contributed by atoms with van der Waals surface area (Å²) in [6, 6.07) is 7.96. The van der Waals surface area contributed by atoms with Gasteiger partial charge in [-0.2, -0.15) is 10.2 Å². The Morgan fingerprint density at radius 2 is 2.13 bits per heavy atom. The zero-order valence-electron chi connectivity index (χ0n) is 13.1. The Labute approximate surface area is 133 Å². The quantitative estimate of drug-likeness (QED) is 0.517. The molecule has 1 aromatic heterocycles. The minimum absolute atomic E-state index is 0.0222. The molecule has 1 N–H and O–H groups in total. The highest BCUT2D eigenvalue weighted by Gasteiger charge is 2.09. The molecular weight excluding hydrogens is 298 g/mol. The summed E-state index contributed by atoms with van der Waals surface area (Å²) in [4.78, 5) is 22.2. The van der Waals surface area contributed by atoms with E-state index in [1.807, 2.05) is 19.9 Å². The third-order valence-corrected chi connectivity index (χ3v) is 3.22. The van der Waals surface area contributed by atoms with E-state index in [0.717, 1.165) is 11.4 Å². The van der Waals surface area contributed by atoms with Crippen LogP contribution in [-0.4, -0.2) is 26.3 Å². The van der Waals surface area contributed by atoms with Crippen molar-refractivity contribution in [3.8, 4) is 0 Å². The number of aromatic nitrogens is 2. The second kappa shape index (κ2) is 6.82. The molecule has 8 heteroatoms. The largest absolute Gasteiger partial charge is 0.271 e. The lowest BCUT2D eigenvalue weighted by atomic mass is 10.1. The summed E-state index contributed by atoms with van der Waals surface area (Å²) in [5, 5.41) is 18.9. The van der Waals surface area contributed by atoms with Crippen LogP contribution in [0.15, 0.2) is 35.4 Å². The van der Waals surface area contributed by atoms with E-state index in [-0.39, 0.29) is 18.1 Å². The molecular formula is C15H17N5O3. The van der Waals surface area contributed by atoms with Gasteiger partial charge in [0.1, 0.15) is 6.54 Å². The Bertz CT molecular complexity index is 779. The number of hydrazone groups is 1. The minimum atomic E-state index is -0.474. The van der Waals surface area contributed by atoms with Gasteiger partial charge in [0.15, 0.2) is 0 Å². The van der Waals surface area contributed by atoms with Crippen LogP contribution in [0.5, 0.6) is 0 Å². The van der Waals surface area contributed by atoms with Crippen LogP contribution < -0.4 is 5.43 Å². The second-order valence-corrected chi connectivity index (χ2v) is 5.12. The van der Waals surface area contributed by atoms with Crippen LogP contribution in [0.1, 0.15) is 23.9 Å². The molecule has 1 heterocycles. The maximum absolute atomic E-state index is 11.9. The van der Waals surface area contributed by atoms with Crippen LogP contribution in [0, 0.1) is 24.0 Å². The fourth-order valence-electron chi connectivity index (χ4n) is 2.06. The highest BCUT2D eigenvalue weighted by molar-refractivity contribution is 5.99. The van der Waals surface area contributed by atoms with E-state index < -0.39 is 4.92 Å². The number of amides is 1. The van der Waals surface area contributed by atoms with Crippen LogP contribution in [0.4, 0.5) is 5.69 Å². The molecule has 0 unspecified atom stereocenters. The van der Waals surface area contributed by atoms with Crippen LogP contribution in [0.3, 0.4) is 0 Å². The summed E-state index contributed by atoms with van der Waals surface area (Å²) in [7, 11) is 0. The predicted octanol–water partition coefficient (Wildman–Crippen LogP) is 1.95. The predicted molar refractivity (Wildman–Crippen MR) is 85.2 cm³/mol. The molecule has 0 saturated carbocycles. The number of nitro benzene ring substituents is 1. The Kier molecular flexibility index (Phi) is 4.85. The summed E-state index contributed by atoms with van der Waals surface area (Å²) < 4.78 is 1.59. The van der Waals surface area contributed by atoms with Crippen molar-refractivity contribution >= 4 is 17.3 Å². The van der Waals surface area contributed by atoms with Crippen LogP contribution >= 0.6 is 0 Å². The van der Waals surface area contributed by atoms with Gasteiger partial charge in [-0.15, -0.1) is 0 Å². The monoisotopic (exact) mass is 315 g/mol. The van der Waals surface area contributed by atoms with Gasteiger partial charge in [-0.05, 0) is 26.8 Å². The average Bonchev–Trinajstić information content (AvgIpc) is 2.82. The van der Waals surface area contributed by atoms with E-state index in [2.05, 4.69) is 15.6 Å². The molecule has 0 aliphatic heterocycles. The number of nitrogens with one attached hydrogen (secondary N) is 1. The van der Waals surface area contributed by atoms with Gasteiger partial charge in [-0.1, -0.05) is 12.1 Å². The Hall–Kier alpha value is -3.03. The molecule has 120 valence electrons. The summed E-state index contributed by atoms with van der Waals surface area (Å²) >= 11 is 0. The fourth-order valence-corrected chi connectivity index (χ4v) is 2.06. The Morgan fingerprint density at radius 3 is 2.74 bits per heavy atom. The van der Waals surface area contributed by atoms with Gasteiger partial charge in [-0.3, -0.25) is 19.6 Å². The number of carbonyl (C=O) groups excluding carboxylic acids is 1. The molecule has 0 bridgehead atoms. The molecule has 0 spiro atoms. The van der Waals surface area contributed by atoms with E-state index in [9.17, 15) is 14.9 Å². The van der Waals surface area contributed by atoms with Gasteiger partial charge < -0.3 is 0 Å². The average molecular weight is 315 g/mol. The number of nitrogens with zero attached hydrogens (tertiary/aromatic N) is 4. The number of hydrogen-bond acceptors (Lipinski definition) is 5. The van der Waals surface area contributed by atoms with Crippen molar-refractivity contribution in [1.29, 1.82) is 0 Å². The first kappa shape index (κ1) is 16.3. The van der Waals surface area contributed by atoms with Gasteiger partial charge >= 0.3 is 0 Å².